The SMILES string of the molecule is C=CCNCCNC1C2C3CCC(C3)C12. The van der Waals surface area contributed by atoms with Crippen molar-refractivity contribution in [2.24, 2.45) is 23.7 Å². The molecule has 3 saturated carbocycles. The van der Waals surface area contributed by atoms with Gasteiger partial charge in [0.05, 0.1) is 0 Å². The zero-order valence-corrected chi connectivity index (χ0v) is 9.41. The molecule has 84 valence electrons. The Morgan fingerprint density at radius 2 is 1.87 bits per heavy atom. The molecule has 3 rings (SSSR count). The molecule has 15 heavy (non-hydrogen) atoms. The summed E-state index contributed by atoms with van der Waals surface area (Å²) in [5.41, 5.74) is 0. The first-order chi connectivity index (χ1) is 7.42. The van der Waals surface area contributed by atoms with Gasteiger partial charge in [0.2, 0.25) is 0 Å². The molecule has 3 fully saturated rings. The fourth-order valence-corrected chi connectivity index (χ4v) is 4.13. The molecule has 3 aliphatic carbocycles. The Morgan fingerprint density at radius 3 is 2.53 bits per heavy atom. The van der Waals surface area contributed by atoms with E-state index in [-0.39, 0.29) is 0 Å². The third-order valence-corrected chi connectivity index (χ3v) is 4.71. The van der Waals surface area contributed by atoms with E-state index in [1.54, 1.807) is 6.42 Å². The van der Waals surface area contributed by atoms with Gasteiger partial charge >= 0.3 is 0 Å². The second-order valence-corrected chi connectivity index (χ2v) is 5.46. The highest BCUT2D eigenvalue weighted by molar-refractivity contribution is 5.16. The maximum absolute atomic E-state index is 3.72. The van der Waals surface area contributed by atoms with Crippen LogP contribution in [-0.4, -0.2) is 25.7 Å². The molecule has 4 atom stereocenters. The average molecular weight is 206 g/mol. The normalized spacial score (nSPS) is 45.5. The second-order valence-electron chi connectivity index (χ2n) is 5.46. The lowest BCUT2D eigenvalue weighted by atomic mass is 10.0. The van der Waals surface area contributed by atoms with Crippen molar-refractivity contribution in [1.82, 2.24) is 10.6 Å². The van der Waals surface area contributed by atoms with Crippen LogP contribution in [0.1, 0.15) is 19.3 Å². The summed E-state index contributed by atoms with van der Waals surface area (Å²) < 4.78 is 0. The van der Waals surface area contributed by atoms with Crippen molar-refractivity contribution >= 4 is 0 Å². The molecular weight excluding hydrogens is 184 g/mol. The van der Waals surface area contributed by atoms with Crippen molar-refractivity contribution < 1.29 is 0 Å². The lowest BCUT2D eigenvalue weighted by Crippen LogP contribution is -2.31. The summed E-state index contributed by atoms with van der Waals surface area (Å²) in [7, 11) is 0. The monoisotopic (exact) mass is 206 g/mol. The van der Waals surface area contributed by atoms with E-state index in [1.165, 1.54) is 12.8 Å². The van der Waals surface area contributed by atoms with Crippen LogP contribution in [0.15, 0.2) is 12.7 Å². The Morgan fingerprint density at radius 1 is 1.13 bits per heavy atom. The lowest BCUT2D eigenvalue weighted by Gasteiger charge is -2.10. The second kappa shape index (κ2) is 3.91. The minimum absolute atomic E-state index is 0.891. The van der Waals surface area contributed by atoms with Gasteiger partial charge in [-0.2, -0.15) is 0 Å². The molecule has 2 N–H and O–H groups in total. The lowest BCUT2D eigenvalue weighted by molar-refractivity contribution is 0.456. The third kappa shape index (κ3) is 1.64. The van der Waals surface area contributed by atoms with Crippen LogP contribution >= 0.6 is 0 Å². The van der Waals surface area contributed by atoms with Crippen molar-refractivity contribution in [3.05, 3.63) is 12.7 Å². The molecule has 0 aromatic carbocycles. The maximum Gasteiger partial charge on any atom is 0.0136 e. The summed E-state index contributed by atoms with van der Waals surface area (Å²) in [5.74, 6) is 4.34. The topological polar surface area (TPSA) is 24.1 Å². The molecular formula is C13H22N2. The fourth-order valence-electron chi connectivity index (χ4n) is 4.13. The minimum atomic E-state index is 0.891. The molecule has 2 nitrogen and oxygen atoms in total. The van der Waals surface area contributed by atoms with Gasteiger partial charge in [0.25, 0.3) is 0 Å². The summed E-state index contributed by atoms with van der Waals surface area (Å²) in [6.07, 6.45) is 6.53. The maximum atomic E-state index is 3.72. The van der Waals surface area contributed by atoms with Crippen LogP contribution < -0.4 is 10.6 Å². The standard InChI is InChI=1S/C13H22N2/c1-2-5-14-6-7-15-13-11-9-3-4-10(8-9)12(11)13/h2,9-15H,1,3-8H2. The van der Waals surface area contributed by atoms with Gasteiger partial charge in [0.1, 0.15) is 0 Å². The van der Waals surface area contributed by atoms with E-state index in [2.05, 4.69) is 17.2 Å². The molecule has 0 radical (unpaired) electrons. The molecule has 0 amide bonds. The first-order valence-corrected chi connectivity index (χ1v) is 6.47. The Hall–Kier alpha value is -0.340. The molecule has 2 heteroatoms. The molecule has 0 aromatic rings. The third-order valence-electron chi connectivity index (χ3n) is 4.71. The van der Waals surface area contributed by atoms with Crippen LogP contribution in [0.5, 0.6) is 0 Å². The van der Waals surface area contributed by atoms with Gasteiger partial charge in [-0.25, -0.2) is 0 Å². The largest absolute Gasteiger partial charge is 0.312 e. The predicted molar refractivity (Wildman–Crippen MR) is 62.7 cm³/mol. The summed E-state index contributed by atoms with van der Waals surface area (Å²) >= 11 is 0. The highest BCUT2D eigenvalue weighted by Gasteiger charge is 2.64. The van der Waals surface area contributed by atoms with E-state index in [0.29, 0.717) is 0 Å². The minimum Gasteiger partial charge on any atom is -0.312 e. The highest BCUT2D eigenvalue weighted by atomic mass is 15.0. The van der Waals surface area contributed by atoms with Gasteiger partial charge in [-0.15, -0.1) is 6.58 Å². The molecule has 0 aliphatic heterocycles. The quantitative estimate of drug-likeness (QED) is 0.507. The summed E-state index contributed by atoms with van der Waals surface area (Å²) in [6.45, 7) is 6.84. The Bertz CT molecular complexity index is 235. The number of nitrogens with one attached hydrogen (secondary N) is 2. The van der Waals surface area contributed by atoms with Crippen molar-refractivity contribution in [2.45, 2.75) is 25.3 Å². The van der Waals surface area contributed by atoms with Crippen LogP contribution in [-0.2, 0) is 0 Å². The van der Waals surface area contributed by atoms with Gasteiger partial charge in [-0.3, -0.25) is 0 Å². The number of hydrogen-bond donors (Lipinski definition) is 2. The highest BCUT2D eigenvalue weighted by Crippen LogP contribution is 2.65. The summed E-state index contributed by atoms with van der Waals surface area (Å²) in [5, 5.41) is 7.06. The van der Waals surface area contributed by atoms with Gasteiger partial charge < -0.3 is 10.6 Å². The first kappa shape index (κ1) is 9.86. The van der Waals surface area contributed by atoms with Crippen LogP contribution in [0, 0.1) is 23.7 Å². The molecule has 0 spiro atoms. The number of hydrogen-bond acceptors (Lipinski definition) is 2. The Labute approximate surface area is 92.5 Å². The Balaban J connectivity index is 1.36. The van der Waals surface area contributed by atoms with Gasteiger partial charge in [-0.1, -0.05) is 6.08 Å². The number of rotatable bonds is 6. The van der Waals surface area contributed by atoms with Crippen LogP contribution in [0.2, 0.25) is 0 Å². The van der Waals surface area contributed by atoms with E-state index in [0.717, 1.165) is 49.3 Å². The van der Waals surface area contributed by atoms with Crippen LogP contribution in [0.25, 0.3) is 0 Å². The summed E-state index contributed by atoms with van der Waals surface area (Å²) in [4.78, 5) is 0. The zero-order chi connectivity index (χ0) is 10.3. The summed E-state index contributed by atoms with van der Waals surface area (Å²) in [6, 6.07) is 0.891. The van der Waals surface area contributed by atoms with E-state index < -0.39 is 0 Å². The molecule has 4 unspecified atom stereocenters. The molecule has 3 aliphatic rings. The van der Waals surface area contributed by atoms with Crippen molar-refractivity contribution in [1.29, 1.82) is 0 Å². The van der Waals surface area contributed by atoms with Crippen molar-refractivity contribution in [3.8, 4) is 0 Å². The predicted octanol–water partition coefficient (Wildman–Crippen LogP) is 1.40. The van der Waals surface area contributed by atoms with Crippen LogP contribution in [0.3, 0.4) is 0 Å². The molecule has 0 heterocycles. The van der Waals surface area contributed by atoms with Gasteiger partial charge in [-0.05, 0) is 42.9 Å². The Kier molecular flexibility index (Phi) is 2.57. The fraction of sp³-hybridized carbons (Fsp3) is 0.846. The molecule has 0 saturated heterocycles. The van der Waals surface area contributed by atoms with Gasteiger partial charge in [0, 0.05) is 25.7 Å². The van der Waals surface area contributed by atoms with Crippen LogP contribution in [0.4, 0.5) is 0 Å². The average Bonchev–Trinajstić information content (AvgIpc) is 2.67. The van der Waals surface area contributed by atoms with Gasteiger partial charge in [0.15, 0.2) is 0 Å². The van der Waals surface area contributed by atoms with E-state index in [4.69, 9.17) is 0 Å². The van der Waals surface area contributed by atoms with E-state index in [1.807, 2.05) is 6.08 Å². The van der Waals surface area contributed by atoms with E-state index in [9.17, 15) is 0 Å². The first-order valence-electron chi connectivity index (χ1n) is 6.47. The van der Waals surface area contributed by atoms with E-state index >= 15 is 0 Å². The van der Waals surface area contributed by atoms with Crippen molar-refractivity contribution in [3.63, 3.8) is 0 Å². The zero-order valence-electron chi connectivity index (χ0n) is 9.41. The van der Waals surface area contributed by atoms with Crippen molar-refractivity contribution in [2.75, 3.05) is 19.6 Å². The smallest absolute Gasteiger partial charge is 0.0136 e. The molecule has 2 bridgehead atoms. The molecule has 0 aromatic heterocycles. The number of fused-ring (bicyclic) bond motifs is 5.